The van der Waals surface area contributed by atoms with Crippen LogP contribution in [0, 0.1) is 0 Å². The fourth-order valence-corrected chi connectivity index (χ4v) is 4.17. The van der Waals surface area contributed by atoms with Gasteiger partial charge in [-0.3, -0.25) is 4.99 Å². The van der Waals surface area contributed by atoms with Crippen molar-refractivity contribution in [2.75, 3.05) is 21.2 Å². The maximum Gasteiger partial charge on any atom is 0.161 e. The predicted octanol–water partition coefficient (Wildman–Crippen LogP) is 1.08. The van der Waals surface area contributed by atoms with E-state index in [-0.39, 0.29) is 11.5 Å². The first-order valence-electron chi connectivity index (χ1n) is 8.58. The average molecular weight is 382 g/mol. The molecule has 0 amide bonds. The summed E-state index contributed by atoms with van der Waals surface area (Å²) in [5.41, 5.74) is 0.678. The van der Waals surface area contributed by atoms with Crippen LogP contribution in [-0.2, 0) is 16.1 Å². The molecular weight excluding hydrogens is 356 g/mol. The molecular formula is C18H26N2O5S. The first-order chi connectivity index (χ1) is 12.4. The SMILES string of the molecule is COc1ccc(COC(C)C2OC3SC(N(C)C)=NC3C(O)C2O)cc1. The number of hydrogen-bond acceptors (Lipinski definition) is 8. The molecule has 2 N–H and O–H groups in total. The smallest absolute Gasteiger partial charge is 0.161 e. The van der Waals surface area contributed by atoms with Crippen molar-refractivity contribution < 1.29 is 24.4 Å². The Kier molecular flexibility index (Phi) is 6.09. The molecule has 2 aliphatic rings. The lowest BCUT2D eigenvalue weighted by atomic mass is 9.95. The molecule has 1 saturated heterocycles. The summed E-state index contributed by atoms with van der Waals surface area (Å²) < 4.78 is 17.1. The van der Waals surface area contributed by atoms with Gasteiger partial charge in [-0.05, 0) is 24.6 Å². The molecule has 0 aromatic heterocycles. The zero-order chi connectivity index (χ0) is 18.8. The third-order valence-electron chi connectivity index (χ3n) is 4.60. The van der Waals surface area contributed by atoms with Gasteiger partial charge in [0, 0.05) is 14.1 Å². The van der Waals surface area contributed by atoms with Gasteiger partial charge < -0.3 is 29.3 Å². The van der Waals surface area contributed by atoms with Crippen LogP contribution in [0.15, 0.2) is 29.3 Å². The molecule has 3 rings (SSSR count). The summed E-state index contributed by atoms with van der Waals surface area (Å²) in [6.07, 6.45) is -3.02. The average Bonchev–Trinajstić information content (AvgIpc) is 3.08. The molecule has 0 spiro atoms. The fourth-order valence-electron chi connectivity index (χ4n) is 3.02. The quantitative estimate of drug-likeness (QED) is 0.788. The molecule has 0 aliphatic carbocycles. The lowest BCUT2D eigenvalue weighted by Crippen LogP contribution is -2.58. The van der Waals surface area contributed by atoms with E-state index in [1.807, 2.05) is 50.2 Å². The largest absolute Gasteiger partial charge is 0.497 e. The van der Waals surface area contributed by atoms with E-state index in [9.17, 15) is 10.2 Å². The first kappa shape index (κ1) is 19.4. The van der Waals surface area contributed by atoms with Crippen molar-refractivity contribution >= 4 is 16.9 Å². The number of amidine groups is 1. The van der Waals surface area contributed by atoms with Gasteiger partial charge in [-0.15, -0.1) is 0 Å². The molecule has 2 aliphatic heterocycles. The van der Waals surface area contributed by atoms with Crippen LogP contribution < -0.4 is 4.74 Å². The molecule has 144 valence electrons. The predicted molar refractivity (Wildman–Crippen MR) is 100 cm³/mol. The van der Waals surface area contributed by atoms with Crippen LogP contribution >= 0.6 is 11.8 Å². The minimum Gasteiger partial charge on any atom is -0.497 e. The molecule has 2 heterocycles. The summed E-state index contributed by atoms with van der Waals surface area (Å²) in [7, 11) is 5.41. The van der Waals surface area contributed by atoms with Crippen molar-refractivity contribution in [1.29, 1.82) is 0 Å². The topological polar surface area (TPSA) is 83.8 Å². The maximum atomic E-state index is 10.5. The molecule has 0 saturated carbocycles. The zero-order valence-corrected chi connectivity index (χ0v) is 16.2. The Labute approximate surface area is 158 Å². The number of rotatable bonds is 5. The highest BCUT2D eigenvalue weighted by Gasteiger charge is 2.50. The lowest BCUT2D eigenvalue weighted by Gasteiger charge is -2.40. The molecule has 0 radical (unpaired) electrons. The number of aliphatic hydroxyl groups excluding tert-OH is 2. The van der Waals surface area contributed by atoms with E-state index in [0.29, 0.717) is 6.61 Å². The van der Waals surface area contributed by atoms with E-state index >= 15 is 0 Å². The summed E-state index contributed by atoms with van der Waals surface area (Å²) in [4.78, 5) is 6.34. The highest BCUT2D eigenvalue weighted by Crippen LogP contribution is 2.38. The van der Waals surface area contributed by atoms with Crippen LogP contribution in [0.4, 0.5) is 0 Å². The van der Waals surface area contributed by atoms with Gasteiger partial charge in [0.15, 0.2) is 5.17 Å². The van der Waals surface area contributed by atoms with Gasteiger partial charge in [0.2, 0.25) is 0 Å². The Bertz CT molecular complexity index is 639. The standard InChI is InChI=1S/C18H26N2O5S/c1-10(24-9-11-5-7-12(23-4)8-6-11)16-15(22)14(21)13-17(25-16)26-18(19-13)20(2)3/h5-8,10,13-17,21-22H,9H2,1-4H3. The second kappa shape index (κ2) is 8.14. The molecule has 6 unspecified atom stereocenters. The Balaban J connectivity index is 1.60. The molecule has 1 aromatic rings. The van der Waals surface area contributed by atoms with E-state index in [1.54, 1.807) is 7.11 Å². The van der Waals surface area contributed by atoms with E-state index in [1.165, 1.54) is 11.8 Å². The number of nitrogens with zero attached hydrogens (tertiary/aromatic N) is 2. The number of fused-ring (bicyclic) bond motifs is 1. The lowest BCUT2D eigenvalue weighted by molar-refractivity contribution is -0.193. The van der Waals surface area contributed by atoms with Crippen molar-refractivity contribution in [2.24, 2.45) is 4.99 Å². The van der Waals surface area contributed by atoms with Crippen molar-refractivity contribution in [3.63, 3.8) is 0 Å². The number of aliphatic imine (C=N–C) groups is 1. The van der Waals surface area contributed by atoms with Gasteiger partial charge in [-0.1, -0.05) is 23.9 Å². The van der Waals surface area contributed by atoms with Crippen LogP contribution in [-0.4, -0.2) is 77.4 Å². The molecule has 26 heavy (non-hydrogen) atoms. The van der Waals surface area contributed by atoms with Crippen LogP contribution in [0.3, 0.4) is 0 Å². The number of aliphatic hydroxyl groups is 2. The highest BCUT2D eigenvalue weighted by molar-refractivity contribution is 8.14. The number of hydrogen-bond donors (Lipinski definition) is 2. The van der Waals surface area contributed by atoms with Crippen molar-refractivity contribution in [2.45, 2.75) is 49.4 Å². The van der Waals surface area contributed by atoms with Crippen molar-refractivity contribution in [1.82, 2.24) is 4.90 Å². The molecule has 1 aromatic carbocycles. The summed E-state index contributed by atoms with van der Waals surface area (Å²) in [6, 6.07) is 7.15. The van der Waals surface area contributed by atoms with Crippen LogP contribution in [0.5, 0.6) is 5.75 Å². The Morgan fingerprint density at radius 2 is 1.92 bits per heavy atom. The van der Waals surface area contributed by atoms with Crippen LogP contribution in [0.1, 0.15) is 12.5 Å². The summed E-state index contributed by atoms with van der Waals surface area (Å²) in [5.74, 6) is 0.789. The van der Waals surface area contributed by atoms with E-state index in [4.69, 9.17) is 14.2 Å². The van der Waals surface area contributed by atoms with E-state index in [0.717, 1.165) is 16.5 Å². The van der Waals surface area contributed by atoms with E-state index < -0.39 is 24.4 Å². The van der Waals surface area contributed by atoms with Crippen LogP contribution in [0.25, 0.3) is 0 Å². The molecule has 1 fully saturated rings. The summed E-state index contributed by atoms with van der Waals surface area (Å²) in [6.45, 7) is 2.23. The fraction of sp³-hybridized carbons (Fsp3) is 0.611. The Morgan fingerprint density at radius 3 is 2.54 bits per heavy atom. The third-order valence-corrected chi connectivity index (χ3v) is 5.91. The van der Waals surface area contributed by atoms with Gasteiger partial charge in [0.25, 0.3) is 0 Å². The molecule has 6 atom stereocenters. The van der Waals surface area contributed by atoms with Crippen molar-refractivity contribution in [3.8, 4) is 5.75 Å². The second-order valence-electron chi connectivity index (χ2n) is 6.73. The maximum absolute atomic E-state index is 10.5. The summed E-state index contributed by atoms with van der Waals surface area (Å²) >= 11 is 1.46. The monoisotopic (exact) mass is 382 g/mol. The molecule has 8 heteroatoms. The third kappa shape index (κ3) is 3.99. The normalized spacial score (nSPS) is 31.9. The number of thioether (sulfide) groups is 1. The molecule has 0 bridgehead atoms. The van der Waals surface area contributed by atoms with Gasteiger partial charge in [0.05, 0.1) is 19.8 Å². The van der Waals surface area contributed by atoms with Gasteiger partial charge >= 0.3 is 0 Å². The molecule has 7 nitrogen and oxygen atoms in total. The number of ether oxygens (including phenoxy) is 3. The second-order valence-corrected chi connectivity index (χ2v) is 7.79. The minimum atomic E-state index is -1.05. The number of benzene rings is 1. The van der Waals surface area contributed by atoms with Crippen molar-refractivity contribution in [3.05, 3.63) is 29.8 Å². The number of methoxy groups -OCH3 is 1. The van der Waals surface area contributed by atoms with Gasteiger partial charge in [-0.25, -0.2) is 0 Å². The van der Waals surface area contributed by atoms with Gasteiger partial charge in [-0.2, -0.15) is 0 Å². The Hall–Kier alpha value is -1.32. The van der Waals surface area contributed by atoms with Gasteiger partial charge in [0.1, 0.15) is 35.5 Å². The van der Waals surface area contributed by atoms with Crippen LogP contribution in [0.2, 0.25) is 0 Å². The zero-order valence-electron chi connectivity index (χ0n) is 15.4. The Morgan fingerprint density at radius 1 is 1.23 bits per heavy atom. The highest BCUT2D eigenvalue weighted by atomic mass is 32.2. The van der Waals surface area contributed by atoms with E-state index in [2.05, 4.69) is 4.99 Å². The summed E-state index contributed by atoms with van der Waals surface area (Å²) in [5, 5.41) is 21.7. The minimum absolute atomic E-state index is 0.317. The first-order valence-corrected chi connectivity index (χ1v) is 9.46.